The Morgan fingerprint density at radius 1 is 1.18 bits per heavy atom. The Kier molecular flexibility index (Phi) is 4.99. The van der Waals surface area contributed by atoms with Crippen molar-refractivity contribution in [3.63, 3.8) is 0 Å². The third-order valence-corrected chi connectivity index (χ3v) is 6.52. The zero-order valence-corrected chi connectivity index (χ0v) is 19.0. The summed E-state index contributed by atoms with van der Waals surface area (Å²) in [6.45, 7) is 2.71. The van der Waals surface area contributed by atoms with Gasteiger partial charge in [-0.25, -0.2) is 9.78 Å². The first-order chi connectivity index (χ1) is 16.6. The molecule has 0 spiro atoms. The molecule has 2 atom stereocenters. The largest absolute Gasteiger partial charge is 0.434 e. The van der Waals surface area contributed by atoms with Crippen molar-refractivity contribution in [2.75, 3.05) is 6.61 Å². The van der Waals surface area contributed by atoms with Crippen LogP contribution in [0.25, 0.3) is 44.6 Å². The number of furan rings is 1. The van der Waals surface area contributed by atoms with Gasteiger partial charge in [0.25, 0.3) is 0 Å². The molecule has 0 aromatic carbocycles. The van der Waals surface area contributed by atoms with Crippen LogP contribution < -0.4 is 5.69 Å². The fourth-order valence-electron chi connectivity index (χ4n) is 4.81. The summed E-state index contributed by atoms with van der Waals surface area (Å²) in [6, 6.07) is 5.86. The molecule has 34 heavy (non-hydrogen) atoms. The van der Waals surface area contributed by atoms with Crippen LogP contribution in [-0.2, 0) is 11.8 Å². The molecule has 0 N–H and O–H groups in total. The third-order valence-electron chi connectivity index (χ3n) is 6.52. The second-order valence-electron chi connectivity index (χ2n) is 8.69. The highest BCUT2D eigenvalue weighted by Crippen LogP contribution is 2.37. The number of rotatable bonds is 4. The lowest BCUT2D eigenvalue weighted by atomic mass is 10.0. The predicted molar refractivity (Wildman–Crippen MR) is 127 cm³/mol. The van der Waals surface area contributed by atoms with Crippen LogP contribution in [0.3, 0.4) is 0 Å². The van der Waals surface area contributed by atoms with E-state index >= 15 is 0 Å². The lowest BCUT2D eigenvalue weighted by molar-refractivity contribution is -0.00709. The third kappa shape index (κ3) is 3.40. The van der Waals surface area contributed by atoms with Crippen molar-refractivity contribution in [2.24, 2.45) is 7.05 Å². The molecule has 5 aromatic rings. The van der Waals surface area contributed by atoms with Gasteiger partial charge in [0.1, 0.15) is 11.2 Å². The van der Waals surface area contributed by atoms with Gasteiger partial charge in [-0.15, -0.1) is 0 Å². The van der Waals surface area contributed by atoms with Crippen LogP contribution in [-0.4, -0.2) is 42.0 Å². The molecule has 0 amide bonds. The van der Waals surface area contributed by atoms with Gasteiger partial charge in [0.05, 0.1) is 17.7 Å². The summed E-state index contributed by atoms with van der Waals surface area (Å²) in [5, 5.41) is 5.04. The summed E-state index contributed by atoms with van der Waals surface area (Å²) in [6.07, 6.45) is 11.3. The first-order valence-corrected chi connectivity index (χ1v) is 11.5. The minimum Gasteiger partial charge on any atom is -0.434 e. The van der Waals surface area contributed by atoms with E-state index in [9.17, 15) is 4.79 Å². The van der Waals surface area contributed by atoms with E-state index in [1.165, 1.54) is 0 Å². The fraction of sp³-hybridized carbons (Fsp3) is 0.320. The van der Waals surface area contributed by atoms with Crippen LogP contribution in [0.5, 0.6) is 0 Å². The zero-order valence-electron chi connectivity index (χ0n) is 19.0. The highest BCUT2D eigenvalue weighted by molar-refractivity contribution is 6.06. The smallest absolute Gasteiger partial charge is 0.349 e. The molecule has 9 nitrogen and oxygen atoms in total. The summed E-state index contributed by atoms with van der Waals surface area (Å²) in [5.41, 5.74) is 4.47. The van der Waals surface area contributed by atoms with Crippen molar-refractivity contribution in [2.45, 2.75) is 38.3 Å². The van der Waals surface area contributed by atoms with E-state index in [0.717, 1.165) is 41.3 Å². The molecule has 172 valence electrons. The molecule has 6 heterocycles. The molecule has 0 saturated carbocycles. The summed E-state index contributed by atoms with van der Waals surface area (Å²) in [7, 11) is 1.83. The minimum atomic E-state index is -0.303. The Morgan fingerprint density at radius 3 is 2.85 bits per heavy atom. The number of pyridine rings is 2. The molecule has 0 unspecified atom stereocenters. The normalized spacial score (nSPS) is 18.6. The molecular weight excluding hydrogens is 432 g/mol. The van der Waals surface area contributed by atoms with E-state index in [0.29, 0.717) is 29.1 Å². The first kappa shape index (κ1) is 20.7. The molecule has 6 rings (SSSR count). The minimum absolute atomic E-state index is 0.0352. The number of hydrogen-bond acceptors (Lipinski definition) is 7. The molecule has 1 aliphatic heterocycles. The molecule has 1 saturated heterocycles. The number of hydrogen-bond donors (Lipinski definition) is 0. The first-order valence-electron chi connectivity index (χ1n) is 11.5. The number of ether oxygens (including phenoxy) is 1. The van der Waals surface area contributed by atoms with Crippen molar-refractivity contribution in [1.29, 1.82) is 0 Å². The van der Waals surface area contributed by atoms with Gasteiger partial charge >= 0.3 is 5.69 Å². The predicted octanol–water partition coefficient (Wildman–Crippen LogP) is 4.13. The van der Waals surface area contributed by atoms with E-state index < -0.39 is 0 Å². The highest BCUT2D eigenvalue weighted by atomic mass is 16.5. The van der Waals surface area contributed by atoms with E-state index in [2.05, 4.69) is 27.0 Å². The fourth-order valence-corrected chi connectivity index (χ4v) is 4.81. The Balaban J connectivity index is 1.65. The summed E-state index contributed by atoms with van der Waals surface area (Å²) in [5.74, 6) is 0. The number of aryl methyl sites for hydroxylation is 1. The van der Waals surface area contributed by atoms with Gasteiger partial charge in [-0.3, -0.25) is 14.2 Å². The van der Waals surface area contributed by atoms with Gasteiger partial charge in [-0.2, -0.15) is 10.1 Å². The second kappa shape index (κ2) is 8.18. The summed E-state index contributed by atoms with van der Waals surface area (Å²) < 4.78 is 15.6. The lowest BCUT2D eigenvalue weighted by Crippen LogP contribution is -2.34. The van der Waals surface area contributed by atoms with Crippen LogP contribution in [0, 0.1) is 0 Å². The Labute approximate surface area is 195 Å². The summed E-state index contributed by atoms with van der Waals surface area (Å²) in [4.78, 5) is 26.8. The van der Waals surface area contributed by atoms with Crippen LogP contribution in [0.2, 0.25) is 0 Å². The maximum absolute atomic E-state index is 13.5. The number of aromatic nitrogens is 6. The van der Waals surface area contributed by atoms with Crippen molar-refractivity contribution in [3.8, 4) is 22.4 Å². The quantitative estimate of drug-likeness (QED) is 0.401. The average molecular weight is 457 g/mol. The van der Waals surface area contributed by atoms with Crippen LogP contribution in [0.1, 0.15) is 32.2 Å². The van der Waals surface area contributed by atoms with Gasteiger partial charge in [0.15, 0.2) is 5.58 Å². The van der Waals surface area contributed by atoms with Crippen molar-refractivity contribution in [3.05, 3.63) is 59.7 Å². The molecule has 0 radical (unpaired) electrons. The molecule has 5 aromatic heterocycles. The molecule has 0 bridgehead atoms. The van der Waals surface area contributed by atoms with E-state index in [4.69, 9.17) is 9.15 Å². The number of nitrogens with zero attached hydrogens (tertiary/aromatic N) is 6. The Morgan fingerprint density at radius 2 is 2.09 bits per heavy atom. The summed E-state index contributed by atoms with van der Waals surface area (Å²) >= 11 is 0. The SMILES string of the molecule is CC[C@@H]1C[C@H](n2c(=O)nc(-c3cnn(C)c3)c3oc4ncc(-c5cccnc5)cc4c32)CCO1. The molecular formula is C25H24N6O3. The average Bonchev–Trinajstić information content (AvgIpc) is 3.47. The van der Waals surface area contributed by atoms with Crippen LogP contribution >= 0.6 is 0 Å². The van der Waals surface area contributed by atoms with Crippen molar-refractivity contribution in [1.82, 2.24) is 29.3 Å². The Bertz CT molecular complexity index is 1550. The standard InChI is InChI=1S/C25H24N6O3/c1-3-19-10-18(6-8-33-19)31-22-20-9-16(15-5-4-7-26-11-15)12-27-24(20)34-23(22)21(29-25(31)32)17-13-28-30(2)14-17/h4-5,7,9,11-14,18-19H,3,6,8,10H2,1-2H3/t18-,19-/m1/s1. The molecule has 9 heteroatoms. The van der Waals surface area contributed by atoms with Crippen LogP contribution in [0.15, 0.2) is 58.4 Å². The molecule has 1 aliphatic rings. The number of fused-ring (bicyclic) bond motifs is 3. The second-order valence-corrected chi connectivity index (χ2v) is 8.69. The molecule has 0 aliphatic carbocycles. The van der Waals surface area contributed by atoms with Crippen molar-refractivity contribution < 1.29 is 9.15 Å². The van der Waals surface area contributed by atoms with Crippen LogP contribution in [0.4, 0.5) is 0 Å². The van der Waals surface area contributed by atoms with E-state index in [1.807, 2.05) is 31.4 Å². The maximum Gasteiger partial charge on any atom is 0.349 e. The van der Waals surface area contributed by atoms with Gasteiger partial charge in [0.2, 0.25) is 5.71 Å². The zero-order chi connectivity index (χ0) is 23.2. The monoisotopic (exact) mass is 456 g/mol. The van der Waals surface area contributed by atoms with Gasteiger partial charge in [0, 0.05) is 61.2 Å². The van der Waals surface area contributed by atoms with Gasteiger partial charge in [-0.1, -0.05) is 13.0 Å². The van der Waals surface area contributed by atoms with Crippen molar-refractivity contribution >= 4 is 22.2 Å². The topological polar surface area (TPSA) is 101 Å². The Hall–Kier alpha value is -3.85. The maximum atomic E-state index is 13.5. The highest BCUT2D eigenvalue weighted by Gasteiger charge is 2.29. The lowest BCUT2D eigenvalue weighted by Gasteiger charge is -2.30. The van der Waals surface area contributed by atoms with Gasteiger partial charge in [-0.05, 0) is 31.4 Å². The van der Waals surface area contributed by atoms with E-state index in [1.54, 1.807) is 34.0 Å². The molecule has 1 fully saturated rings. The van der Waals surface area contributed by atoms with Gasteiger partial charge < -0.3 is 9.15 Å². The van der Waals surface area contributed by atoms with E-state index in [-0.39, 0.29) is 17.8 Å².